The van der Waals surface area contributed by atoms with Gasteiger partial charge in [-0.1, -0.05) is 0 Å². The first kappa shape index (κ1) is 13.5. The zero-order valence-electron chi connectivity index (χ0n) is 10.6. The maximum Gasteiger partial charge on any atom is 0.342 e. The van der Waals surface area contributed by atoms with Gasteiger partial charge in [-0.15, -0.1) is 0 Å². The minimum absolute atomic E-state index is 0.338. The molecule has 7 nitrogen and oxygen atoms in total. The molecule has 7 heteroatoms. The van der Waals surface area contributed by atoms with E-state index >= 15 is 0 Å². The molecule has 0 atom stereocenters. The lowest BCUT2D eigenvalue weighted by Crippen LogP contribution is -2.13. The van der Waals surface area contributed by atoms with E-state index in [4.69, 9.17) is 5.11 Å². The van der Waals surface area contributed by atoms with Crippen LogP contribution < -0.4 is 4.90 Å². The minimum Gasteiger partial charge on any atom is -0.477 e. The van der Waals surface area contributed by atoms with Crippen LogP contribution >= 0.6 is 0 Å². The van der Waals surface area contributed by atoms with E-state index in [2.05, 4.69) is 4.99 Å². The van der Waals surface area contributed by atoms with Gasteiger partial charge < -0.3 is 10.0 Å². The summed E-state index contributed by atoms with van der Waals surface area (Å²) in [5.74, 6) is -1.33. The van der Waals surface area contributed by atoms with Gasteiger partial charge in [0.25, 0.3) is 5.69 Å². The number of nitro benzene ring substituents is 1. The minimum atomic E-state index is -1.33. The van der Waals surface area contributed by atoms with Gasteiger partial charge in [0.15, 0.2) is 0 Å². The molecular weight excluding hydrogens is 262 g/mol. The highest BCUT2D eigenvalue weighted by molar-refractivity contribution is 5.93. The van der Waals surface area contributed by atoms with Crippen molar-refractivity contribution < 1.29 is 14.8 Å². The number of carboxylic acid groups (broad SMARTS) is 1. The predicted octanol–water partition coefficient (Wildman–Crippen LogP) is 2.56. The van der Waals surface area contributed by atoms with Gasteiger partial charge in [-0.3, -0.25) is 15.1 Å². The molecule has 1 aromatic rings. The molecule has 1 aliphatic heterocycles. The first-order valence-corrected chi connectivity index (χ1v) is 5.68. The molecule has 0 aromatic heterocycles. The van der Waals surface area contributed by atoms with E-state index in [0.29, 0.717) is 5.69 Å². The molecule has 0 radical (unpaired) electrons. The first-order valence-electron chi connectivity index (χ1n) is 5.68. The van der Waals surface area contributed by atoms with Crippen LogP contribution in [0.4, 0.5) is 11.4 Å². The quantitative estimate of drug-likeness (QED) is 0.674. The van der Waals surface area contributed by atoms with E-state index in [-0.39, 0.29) is 5.56 Å². The summed E-state index contributed by atoms with van der Waals surface area (Å²) >= 11 is 0. The van der Waals surface area contributed by atoms with Gasteiger partial charge in [-0.25, -0.2) is 4.79 Å². The van der Waals surface area contributed by atoms with Gasteiger partial charge in [-0.2, -0.15) is 0 Å². The zero-order chi connectivity index (χ0) is 14.7. The molecule has 0 bridgehead atoms. The Kier molecular flexibility index (Phi) is 3.60. The molecule has 0 aliphatic carbocycles. The fraction of sp³-hybridized carbons (Fsp3) is 0.0769. The van der Waals surface area contributed by atoms with Gasteiger partial charge >= 0.3 is 5.97 Å². The number of anilines is 1. The smallest absolute Gasteiger partial charge is 0.342 e. The SMILES string of the molecule is CC1=CN=CC=CN1c1ccc(C(=O)O)c([N+](=O)[O-])c1. The fourth-order valence-electron chi connectivity index (χ4n) is 1.80. The highest BCUT2D eigenvalue weighted by Gasteiger charge is 2.21. The number of hydrogen-bond donors (Lipinski definition) is 1. The molecule has 1 heterocycles. The second-order valence-electron chi connectivity index (χ2n) is 4.04. The van der Waals surface area contributed by atoms with Crippen molar-refractivity contribution in [2.45, 2.75) is 6.92 Å². The van der Waals surface area contributed by atoms with Gasteiger partial charge in [0.1, 0.15) is 5.56 Å². The Morgan fingerprint density at radius 3 is 2.85 bits per heavy atom. The van der Waals surface area contributed by atoms with E-state index in [1.165, 1.54) is 18.2 Å². The number of allylic oxidation sites excluding steroid dienone is 2. The summed E-state index contributed by atoms with van der Waals surface area (Å²) in [5.41, 5.74) is 0.473. The number of benzene rings is 1. The number of aromatic carboxylic acids is 1. The number of carboxylic acids is 1. The lowest BCUT2D eigenvalue weighted by atomic mass is 10.1. The van der Waals surface area contributed by atoms with Gasteiger partial charge in [-0.05, 0) is 25.1 Å². The third kappa shape index (κ3) is 2.56. The van der Waals surface area contributed by atoms with Crippen molar-refractivity contribution in [2.75, 3.05) is 4.90 Å². The standard InChI is InChI=1S/C13H11N3O4/c1-9-8-14-5-2-6-15(9)10-3-4-11(13(17)18)12(7-10)16(19)20/h2-8H,1H3,(H,17,18). The molecular formula is C13H11N3O4. The monoisotopic (exact) mass is 273 g/mol. The summed E-state index contributed by atoms with van der Waals surface area (Å²) in [6.45, 7) is 1.80. The van der Waals surface area contributed by atoms with Crippen LogP contribution in [0.25, 0.3) is 0 Å². The molecule has 0 spiro atoms. The largest absolute Gasteiger partial charge is 0.477 e. The highest BCUT2D eigenvalue weighted by Crippen LogP contribution is 2.28. The van der Waals surface area contributed by atoms with Crippen molar-refractivity contribution in [1.29, 1.82) is 0 Å². The van der Waals surface area contributed by atoms with E-state index < -0.39 is 16.6 Å². The van der Waals surface area contributed by atoms with E-state index in [1.807, 2.05) is 0 Å². The molecule has 20 heavy (non-hydrogen) atoms. The molecule has 0 unspecified atom stereocenters. The first-order chi connectivity index (χ1) is 9.50. The molecule has 0 fully saturated rings. The topological polar surface area (TPSA) is 96.0 Å². The van der Waals surface area contributed by atoms with Gasteiger partial charge in [0.2, 0.25) is 0 Å². The Labute approximate surface area is 114 Å². The summed E-state index contributed by atoms with van der Waals surface area (Å²) in [6.07, 6.45) is 6.58. The lowest BCUT2D eigenvalue weighted by molar-refractivity contribution is -0.385. The average Bonchev–Trinajstić information content (AvgIpc) is 2.62. The summed E-state index contributed by atoms with van der Waals surface area (Å²) in [7, 11) is 0. The Hall–Kier alpha value is -2.96. The van der Waals surface area contributed by atoms with Crippen molar-refractivity contribution in [3.63, 3.8) is 0 Å². The molecule has 0 saturated carbocycles. The average molecular weight is 273 g/mol. The van der Waals surface area contributed by atoms with Crippen molar-refractivity contribution in [3.05, 3.63) is 58.0 Å². The maximum atomic E-state index is 11.0. The molecule has 2 rings (SSSR count). The normalized spacial score (nSPS) is 13.8. The highest BCUT2D eigenvalue weighted by atomic mass is 16.6. The van der Waals surface area contributed by atoms with Crippen LogP contribution in [0.15, 0.2) is 47.4 Å². The molecule has 0 amide bonds. The molecule has 1 aliphatic rings. The predicted molar refractivity (Wildman–Crippen MR) is 73.9 cm³/mol. The van der Waals surface area contributed by atoms with Crippen molar-refractivity contribution in [1.82, 2.24) is 0 Å². The molecule has 102 valence electrons. The van der Waals surface area contributed by atoms with Crippen LogP contribution in [0.1, 0.15) is 17.3 Å². The number of rotatable bonds is 3. The Bertz CT molecular complexity index is 662. The fourth-order valence-corrected chi connectivity index (χ4v) is 1.80. The Balaban J connectivity index is 2.51. The Morgan fingerprint density at radius 1 is 1.45 bits per heavy atom. The van der Waals surface area contributed by atoms with Gasteiger partial charge in [0, 0.05) is 30.4 Å². The maximum absolute atomic E-state index is 11.0. The lowest BCUT2D eigenvalue weighted by Gasteiger charge is -2.20. The van der Waals surface area contributed by atoms with Gasteiger partial charge in [0.05, 0.1) is 10.6 Å². The van der Waals surface area contributed by atoms with Crippen molar-refractivity contribution in [2.24, 2.45) is 4.99 Å². The van der Waals surface area contributed by atoms with Crippen LogP contribution in [0.3, 0.4) is 0 Å². The second-order valence-corrected chi connectivity index (χ2v) is 4.04. The van der Waals surface area contributed by atoms with Crippen LogP contribution in [-0.4, -0.2) is 22.2 Å². The number of carbonyl (C=O) groups is 1. The van der Waals surface area contributed by atoms with E-state index in [0.717, 1.165) is 5.70 Å². The molecule has 1 N–H and O–H groups in total. The summed E-state index contributed by atoms with van der Waals surface area (Å²) in [5, 5.41) is 19.9. The summed E-state index contributed by atoms with van der Waals surface area (Å²) < 4.78 is 0. The van der Waals surface area contributed by atoms with Crippen LogP contribution in [0, 0.1) is 10.1 Å². The number of hydrogen-bond acceptors (Lipinski definition) is 5. The summed E-state index contributed by atoms with van der Waals surface area (Å²) in [6, 6.07) is 3.97. The number of nitro groups is 1. The van der Waals surface area contributed by atoms with E-state index in [9.17, 15) is 14.9 Å². The second kappa shape index (κ2) is 5.35. The van der Waals surface area contributed by atoms with Crippen LogP contribution in [-0.2, 0) is 0 Å². The van der Waals surface area contributed by atoms with Crippen molar-refractivity contribution in [3.8, 4) is 0 Å². The zero-order valence-corrected chi connectivity index (χ0v) is 10.6. The number of aliphatic imine (C=N–C) groups is 1. The third-order valence-corrected chi connectivity index (χ3v) is 2.74. The number of nitrogens with zero attached hydrogens (tertiary/aromatic N) is 3. The Morgan fingerprint density at radius 2 is 2.20 bits per heavy atom. The summed E-state index contributed by atoms with van der Waals surface area (Å²) in [4.78, 5) is 26.9. The van der Waals surface area contributed by atoms with E-state index in [1.54, 1.807) is 36.5 Å². The molecule has 1 aromatic carbocycles. The molecule has 0 saturated heterocycles. The third-order valence-electron chi connectivity index (χ3n) is 2.74. The van der Waals surface area contributed by atoms with Crippen molar-refractivity contribution >= 4 is 23.6 Å². The van der Waals surface area contributed by atoms with Crippen LogP contribution in [0.2, 0.25) is 0 Å². The van der Waals surface area contributed by atoms with Crippen LogP contribution in [0.5, 0.6) is 0 Å².